The number of nitrogens with one attached hydrogen (secondary N) is 3. The van der Waals surface area contributed by atoms with E-state index in [1.54, 1.807) is 19.1 Å². The largest absolute Gasteiger partial charge is 0.326 e. The van der Waals surface area contributed by atoms with Gasteiger partial charge in [0.1, 0.15) is 23.9 Å². The molecule has 0 aliphatic heterocycles. The van der Waals surface area contributed by atoms with Crippen molar-refractivity contribution >= 4 is 71.6 Å². The molecule has 4 aromatic carbocycles. The smallest absolute Gasteiger partial charge is 0.245 e. The van der Waals surface area contributed by atoms with Crippen LogP contribution >= 0.6 is 21.2 Å². The van der Waals surface area contributed by atoms with Crippen molar-refractivity contribution in [1.29, 1.82) is 0 Å². The number of carbonyl (C=O) groups excluding carboxylic acids is 3. The average Bonchev–Trinajstić information content (AvgIpc) is 3.01. The Morgan fingerprint density at radius 1 is 0.776 bits per heavy atom. The van der Waals surface area contributed by atoms with Gasteiger partial charge in [-0.3, -0.25) is 23.4 Å². The van der Waals surface area contributed by atoms with Crippen LogP contribution in [0.15, 0.2) is 84.9 Å². The number of hydrogen-bond acceptors (Lipinski definition) is 5. The Kier molecular flexibility index (Phi) is 17.4. The molecular formula is C33H36ClF4N4O5PS. The minimum atomic E-state index is -3.84. The predicted octanol–water partition coefficient (Wildman–Crippen LogP) is 7.42. The SMILES string of the molecule is CC(=O)Nc1ccc(Cc2ccc(NC(C)=O)cc2)cc1.Cc1ccc(Cl)cc1N(CC(=O)Nc1c(F)cccc1F)S(C)(=O)=O.F.FP. The van der Waals surface area contributed by atoms with E-state index in [1.165, 1.54) is 19.9 Å². The standard InChI is InChI=1S/C17H18N2O2.C16H15ClF2N2O3S.FH2P.FH/c1-12(20)18-16-7-3-14(4-8-16)11-15-5-9-17(10-6-15)19-13(2)21;1-10-6-7-11(17)8-14(10)21(25(2,23)24)9-15(22)20-16-12(18)4-3-5-13(16)19;1-2;/h3-10H,11H2,1-2H3,(H,18,20)(H,19,21);3-8H,9H2,1-2H3,(H,20,22);2H2;1H. The zero-order chi connectivity index (χ0) is 36.0. The van der Waals surface area contributed by atoms with Gasteiger partial charge in [0.15, 0.2) is 0 Å². The van der Waals surface area contributed by atoms with E-state index in [2.05, 4.69) is 16.0 Å². The average molecular weight is 743 g/mol. The molecule has 9 nitrogen and oxygen atoms in total. The summed E-state index contributed by atoms with van der Waals surface area (Å²) in [5, 5.41) is 7.83. The second kappa shape index (κ2) is 20.1. The summed E-state index contributed by atoms with van der Waals surface area (Å²) in [6.07, 6.45) is 1.73. The highest BCUT2D eigenvalue weighted by atomic mass is 35.5. The minimum Gasteiger partial charge on any atom is -0.326 e. The fraction of sp³-hybridized carbons (Fsp3) is 0.182. The molecule has 0 spiro atoms. The van der Waals surface area contributed by atoms with E-state index in [1.807, 2.05) is 48.5 Å². The highest BCUT2D eigenvalue weighted by Crippen LogP contribution is 2.27. The Hall–Kier alpha value is -4.52. The molecule has 4 aromatic rings. The van der Waals surface area contributed by atoms with Gasteiger partial charge in [-0.05, 0) is 78.6 Å². The number of hydrogen-bond donors (Lipinski definition) is 3. The van der Waals surface area contributed by atoms with Gasteiger partial charge in [-0.25, -0.2) is 21.4 Å². The molecule has 1 unspecified atom stereocenters. The summed E-state index contributed by atoms with van der Waals surface area (Å²) >= 11 is 5.90. The third-order valence-electron chi connectivity index (χ3n) is 6.31. The molecule has 0 heterocycles. The summed E-state index contributed by atoms with van der Waals surface area (Å²) in [5.74, 6) is -2.96. The van der Waals surface area contributed by atoms with Gasteiger partial charge in [0.2, 0.25) is 27.7 Å². The third kappa shape index (κ3) is 14.2. The summed E-state index contributed by atoms with van der Waals surface area (Å²) in [4.78, 5) is 34.1. The molecule has 0 aromatic heterocycles. The number of aryl methyl sites for hydroxylation is 1. The van der Waals surface area contributed by atoms with Gasteiger partial charge in [0.25, 0.3) is 0 Å². The van der Waals surface area contributed by atoms with E-state index >= 15 is 0 Å². The van der Waals surface area contributed by atoms with Crippen LogP contribution in [0.1, 0.15) is 30.5 Å². The molecule has 264 valence electrons. The van der Waals surface area contributed by atoms with E-state index < -0.39 is 39.8 Å². The Labute approximate surface area is 290 Å². The van der Waals surface area contributed by atoms with Crippen LogP contribution in [0.3, 0.4) is 0 Å². The highest BCUT2D eigenvalue weighted by Gasteiger charge is 2.24. The van der Waals surface area contributed by atoms with Gasteiger partial charge in [-0.1, -0.05) is 48.0 Å². The van der Waals surface area contributed by atoms with Gasteiger partial charge in [0.05, 0.1) is 21.5 Å². The van der Waals surface area contributed by atoms with Crippen molar-refractivity contribution in [2.24, 2.45) is 0 Å². The molecule has 0 radical (unpaired) electrons. The van der Waals surface area contributed by atoms with Crippen molar-refractivity contribution in [2.45, 2.75) is 27.2 Å². The number of sulfonamides is 1. The fourth-order valence-corrected chi connectivity index (χ4v) is 5.29. The quantitative estimate of drug-likeness (QED) is 0.122. The first-order valence-electron chi connectivity index (χ1n) is 14.0. The van der Waals surface area contributed by atoms with E-state index in [4.69, 9.17) is 11.6 Å². The maximum Gasteiger partial charge on any atom is 0.245 e. The van der Waals surface area contributed by atoms with Crippen molar-refractivity contribution in [3.63, 3.8) is 0 Å². The number of amides is 3. The van der Waals surface area contributed by atoms with Gasteiger partial charge < -0.3 is 16.0 Å². The molecule has 4 rings (SSSR count). The molecule has 49 heavy (non-hydrogen) atoms. The lowest BCUT2D eigenvalue weighted by atomic mass is 10.0. The van der Waals surface area contributed by atoms with Crippen LogP contribution in [0.25, 0.3) is 0 Å². The molecule has 3 amide bonds. The van der Waals surface area contributed by atoms with Crippen LogP contribution in [0.2, 0.25) is 5.02 Å². The molecule has 0 bridgehead atoms. The van der Waals surface area contributed by atoms with E-state index in [0.717, 1.165) is 67.2 Å². The summed E-state index contributed by atoms with van der Waals surface area (Å²) in [6.45, 7) is 3.97. The van der Waals surface area contributed by atoms with Gasteiger partial charge in [-0.2, -0.15) is 0 Å². The zero-order valence-electron chi connectivity index (χ0n) is 26.9. The lowest BCUT2D eigenvalue weighted by Gasteiger charge is -2.24. The highest BCUT2D eigenvalue weighted by molar-refractivity contribution is 7.92. The minimum absolute atomic E-state index is 0. The van der Waals surface area contributed by atoms with E-state index in [9.17, 15) is 35.8 Å². The molecule has 0 fully saturated rings. The molecule has 0 saturated carbocycles. The van der Waals surface area contributed by atoms with Crippen LogP contribution in [0.4, 0.5) is 40.4 Å². The van der Waals surface area contributed by atoms with Crippen molar-refractivity contribution in [3.8, 4) is 0 Å². The molecule has 16 heteroatoms. The van der Waals surface area contributed by atoms with Crippen LogP contribution in [0, 0.1) is 18.6 Å². The van der Waals surface area contributed by atoms with Gasteiger partial charge in [-0.15, -0.1) is 0 Å². The number of nitrogens with zero attached hydrogens (tertiary/aromatic N) is 1. The summed E-state index contributed by atoms with van der Waals surface area (Å²) in [6, 6.07) is 23.2. The number of para-hydroxylation sites is 1. The molecule has 1 atom stereocenters. The Bertz CT molecular complexity index is 1760. The van der Waals surface area contributed by atoms with Gasteiger partial charge in [0, 0.05) is 30.2 Å². The maximum atomic E-state index is 13.6. The second-order valence-electron chi connectivity index (χ2n) is 10.3. The Morgan fingerprint density at radius 2 is 1.22 bits per heavy atom. The number of benzene rings is 4. The first-order valence-corrected chi connectivity index (χ1v) is 16.7. The molecule has 3 N–H and O–H groups in total. The molecule has 0 aliphatic rings. The monoisotopic (exact) mass is 742 g/mol. The van der Waals surface area contributed by atoms with Gasteiger partial charge >= 0.3 is 0 Å². The number of halogens is 5. The van der Waals surface area contributed by atoms with Crippen molar-refractivity contribution in [3.05, 3.63) is 118 Å². The van der Waals surface area contributed by atoms with Crippen LogP contribution in [-0.4, -0.2) is 38.9 Å². The molecular weight excluding hydrogens is 707 g/mol. The molecule has 0 saturated heterocycles. The normalized spacial score (nSPS) is 10.1. The van der Waals surface area contributed by atoms with E-state index in [-0.39, 0.29) is 27.2 Å². The summed E-state index contributed by atoms with van der Waals surface area (Å²) in [7, 11) is -2.92. The first kappa shape index (κ1) is 42.5. The summed E-state index contributed by atoms with van der Waals surface area (Å²) < 4.78 is 61.6. The Balaban J connectivity index is 0.000000463. The molecule has 0 aliphatic carbocycles. The topological polar surface area (TPSA) is 125 Å². The first-order chi connectivity index (χ1) is 22.6. The van der Waals surface area contributed by atoms with Crippen LogP contribution < -0.4 is 20.3 Å². The number of anilines is 4. The number of rotatable bonds is 9. The third-order valence-corrected chi connectivity index (χ3v) is 7.67. The second-order valence-corrected chi connectivity index (χ2v) is 12.6. The maximum absolute atomic E-state index is 13.6. The predicted molar refractivity (Wildman–Crippen MR) is 191 cm³/mol. The van der Waals surface area contributed by atoms with Crippen molar-refractivity contribution in [1.82, 2.24) is 0 Å². The lowest BCUT2D eigenvalue weighted by Crippen LogP contribution is -2.38. The summed E-state index contributed by atoms with van der Waals surface area (Å²) in [5.41, 5.74) is 4.06. The van der Waals surface area contributed by atoms with Crippen LogP contribution in [-0.2, 0) is 30.8 Å². The zero-order valence-corrected chi connectivity index (χ0v) is 29.6. The lowest BCUT2D eigenvalue weighted by molar-refractivity contribution is -0.115. The Morgan fingerprint density at radius 3 is 1.63 bits per heavy atom. The fourth-order valence-electron chi connectivity index (χ4n) is 4.21. The van der Waals surface area contributed by atoms with Crippen molar-refractivity contribution in [2.75, 3.05) is 33.1 Å². The van der Waals surface area contributed by atoms with E-state index in [0.29, 0.717) is 5.56 Å². The number of carbonyl (C=O) groups is 3. The van der Waals surface area contributed by atoms with Crippen LogP contribution in [0.5, 0.6) is 0 Å². The van der Waals surface area contributed by atoms with Crippen molar-refractivity contribution < 1.29 is 40.5 Å².